The first-order chi connectivity index (χ1) is 13.3. The summed E-state index contributed by atoms with van der Waals surface area (Å²) < 4.78 is 29.2. The quantitative estimate of drug-likeness (QED) is 0.536. The fourth-order valence-electron chi connectivity index (χ4n) is 3.26. The number of ether oxygens (including phenoxy) is 1. The molecule has 3 rings (SSSR count). The number of nitro benzene ring substituents is 1. The van der Waals surface area contributed by atoms with Gasteiger partial charge in [0.05, 0.1) is 15.9 Å². The van der Waals surface area contributed by atoms with E-state index in [0.29, 0.717) is 12.2 Å². The van der Waals surface area contributed by atoms with E-state index in [1.165, 1.54) is 31.4 Å². The molecule has 2 aromatic rings. The molecule has 8 nitrogen and oxygen atoms in total. The first-order valence-electron chi connectivity index (χ1n) is 9.13. The van der Waals surface area contributed by atoms with E-state index in [1.54, 1.807) is 0 Å². The van der Waals surface area contributed by atoms with Gasteiger partial charge in [-0.1, -0.05) is 18.6 Å². The van der Waals surface area contributed by atoms with E-state index in [-0.39, 0.29) is 16.7 Å². The van der Waals surface area contributed by atoms with Gasteiger partial charge in [0.2, 0.25) is 10.0 Å². The molecule has 0 spiro atoms. The molecule has 0 amide bonds. The SMILES string of the molecule is NS(=O)(=O)c1cc(NCc2cccc(OC3CCCCC3)c2)cc([N+](=O)[O-])c1. The molecule has 1 aliphatic carbocycles. The normalized spacial score (nSPS) is 15.2. The lowest BCUT2D eigenvalue weighted by molar-refractivity contribution is -0.385. The van der Waals surface area contributed by atoms with Crippen molar-refractivity contribution in [1.29, 1.82) is 0 Å². The monoisotopic (exact) mass is 405 g/mol. The summed E-state index contributed by atoms with van der Waals surface area (Å²) in [6.45, 7) is 0.354. The summed E-state index contributed by atoms with van der Waals surface area (Å²) in [4.78, 5) is 10.1. The van der Waals surface area contributed by atoms with Crippen LogP contribution in [-0.2, 0) is 16.6 Å². The van der Waals surface area contributed by atoms with Gasteiger partial charge in [0, 0.05) is 24.4 Å². The Morgan fingerprint density at radius 1 is 1.14 bits per heavy atom. The second-order valence-corrected chi connectivity index (χ2v) is 8.46. The molecule has 0 saturated heterocycles. The van der Waals surface area contributed by atoms with Gasteiger partial charge >= 0.3 is 0 Å². The lowest BCUT2D eigenvalue weighted by Crippen LogP contribution is -2.19. The van der Waals surface area contributed by atoms with Gasteiger partial charge in [-0.2, -0.15) is 0 Å². The lowest BCUT2D eigenvalue weighted by atomic mass is 9.98. The van der Waals surface area contributed by atoms with Crippen LogP contribution in [-0.4, -0.2) is 19.4 Å². The zero-order valence-electron chi connectivity index (χ0n) is 15.3. The number of benzene rings is 2. The van der Waals surface area contributed by atoms with Gasteiger partial charge in [-0.3, -0.25) is 10.1 Å². The van der Waals surface area contributed by atoms with Crippen LogP contribution in [0.3, 0.4) is 0 Å². The van der Waals surface area contributed by atoms with Crippen LogP contribution < -0.4 is 15.2 Å². The van der Waals surface area contributed by atoms with Crippen molar-refractivity contribution in [2.45, 2.75) is 49.6 Å². The van der Waals surface area contributed by atoms with Gasteiger partial charge in [0.15, 0.2) is 0 Å². The summed E-state index contributed by atoms with van der Waals surface area (Å²) in [6, 6.07) is 11.1. The van der Waals surface area contributed by atoms with Gasteiger partial charge in [-0.25, -0.2) is 13.6 Å². The molecule has 0 aromatic heterocycles. The van der Waals surface area contributed by atoms with Crippen LogP contribution in [0.25, 0.3) is 0 Å². The van der Waals surface area contributed by atoms with Crippen molar-refractivity contribution in [2.24, 2.45) is 5.14 Å². The maximum absolute atomic E-state index is 11.6. The molecule has 9 heteroatoms. The second kappa shape index (κ2) is 8.57. The summed E-state index contributed by atoms with van der Waals surface area (Å²) in [5, 5.41) is 19.2. The molecule has 3 N–H and O–H groups in total. The summed E-state index contributed by atoms with van der Waals surface area (Å²) in [5.41, 5.74) is 0.872. The van der Waals surface area contributed by atoms with Crippen molar-refractivity contribution in [1.82, 2.24) is 0 Å². The number of nitro groups is 1. The average Bonchev–Trinajstić information content (AvgIpc) is 2.66. The van der Waals surface area contributed by atoms with E-state index < -0.39 is 14.9 Å². The Labute approximate surface area is 163 Å². The number of hydrogen-bond donors (Lipinski definition) is 2. The molecule has 0 bridgehead atoms. The number of non-ortho nitro benzene ring substituents is 1. The van der Waals surface area contributed by atoms with Crippen molar-refractivity contribution in [2.75, 3.05) is 5.32 Å². The van der Waals surface area contributed by atoms with Crippen molar-refractivity contribution in [3.05, 3.63) is 58.1 Å². The van der Waals surface area contributed by atoms with Crippen LogP contribution in [0.5, 0.6) is 5.75 Å². The number of rotatable bonds is 7. The maximum atomic E-state index is 11.6. The van der Waals surface area contributed by atoms with Crippen molar-refractivity contribution in [3.8, 4) is 5.75 Å². The number of nitrogens with one attached hydrogen (secondary N) is 1. The largest absolute Gasteiger partial charge is 0.490 e. The van der Waals surface area contributed by atoms with Crippen molar-refractivity contribution < 1.29 is 18.1 Å². The number of sulfonamides is 1. The summed E-state index contributed by atoms with van der Waals surface area (Å²) >= 11 is 0. The Hall–Kier alpha value is -2.65. The number of nitrogens with zero attached hydrogens (tertiary/aromatic N) is 1. The average molecular weight is 405 g/mol. The van der Waals surface area contributed by atoms with E-state index in [1.807, 2.05) is 24.3 Å². The highest BCUT2D eigenvalue weighted by atomic mass is 32.2. The number of anilines is 1. The lowest BCUT2D eigenvalue weighted by Gasteiger charge is -2.23. The van der Waals surface area contributed by atoms with Crippen molar-refractivity contribution in [3.63, 3.8) is 0 Å². The maximum Gasteiger partial charge on any atom is 0.272 e. The van der Waals surface area contributed by atoms with Crippen LogP contribution in [0.1, 0.15) is 37.7 Å². The molecule has 150 valence electrons. The minimum atomic E-state index is -4.05. The molecule has 0 unspecified atom stereocenters. The molecule has 1 saturated carbocycles. The highest BCUT2D eigenvalue weighted by Crippen LogP contribution is 2.26. The summed E-state index contributed by atoms with van der Waals surface area (Å²) in [6.07, 6.45) is 5.99. The Balaban J connectivity index is 1.72. The molecule has 0 aliphatic heterocycles. The third-order valence-electron chi connectivity index (χ3n) is 4.68. The number of hydrogen-bond acceptors (Lipinski definition) is 6. The predicted molar refractivity (Wildman–Crippen MR) is 106 cm³/mol. The van der Waals surface area contributed by atoms with Crippen LogP contribution in [0, 0.1) is 10.1 Å². The van der Waals surface area contributed by atoms with Crippen LogP contribution in [0.15, 0.2) is 47.4 Å². The number of primary sulfonamides is 1. The minimum absolute atomic E-state index is 0.242. The third kappa shape index (κ3) is 5.43. The fourth-order valence-corrected chi connectivity index (χ4v) is 3.84. The molecule has 2 aromatic carbocycles. The Morgan fingerprint density at radius 2 is 1.89 bits per heavy atom. The highest BCUT2D eigenvalue weighted by Gasteiger charge is 2.17. The van der Waals surface area contributed by atoms with E-state index in [0.717, 1.165) is 30.2 Å². The standard InChI is InChI=1S/C19H23N3O5S/c20-28(25,26)19-11-15(10-16(12-19)22(23)24)21-13-14-5-4-8-18(9-14)27-17-6-2-1-3-7-17/h4-5,8-12,17,21H,1-3,6-7,13H2,(H2,20,25,26). The van der Waals surface area contributed by atoms with Crippen LogP contribution >= 0.6 is 0 Å². The molecule has 0 heterocycles. The van der Waals surface area contributed by atoms with E-state index >= 15 is 0 Å². The Morgan fingerprint density at radius 3 is 2.57 bits per heavy atom. The molecule has 28 heavy (non-hydrogen) atoms. The summed E-state index contributed by atoms with van der Waals surface area (Å²) in [7, 11) is -4.05. The molecule has 1 fully saturated rings. The highest BCUT2D eigenvalue weighted by molar-refractivity contribution is 7.89. The predicted octanol–water partition coefficient (Wildman–Crippen LogP) is 3.57. The third-order valence-corrected chi connectivity index (χ3v) is 5.57. The van der Waals surface area contributed by atoms with Crippen LogP contribution in [0.2, 0.25) is 0 Å². The van der Waals surface area contributed by atoms with Gasteiger partial charge in [0.25, 0.3) is 5.69 Å². The summed E-state index contributed by atoms with van der Waals surface area (Å²) in [5.74, 6) is 0.787. The molecule has 0 atom stereocenters. The minimum Gasteiger partial charge on any atom is -0.490 e. The Bertz CT molecular complexity index is 956. The van der Waals surface area contributed by atoms with Gasteiger partial charge in [-0.05, 0) is 49.4 Å². The zero-order valence-corrected chi connectivity index (χ0v) is 16.2. The van der Waals surface area contributed by atoms with Crippen LogP contribution in [0.4, 0.5) is 11.4 Å². The first kappa shape index (κ1) is 20.1. The van der Waals surface area contributed by atoms with E-state index in [4.69, 9.17) is 9.88 Å². The molecule has 1 aliphatic rings. The van der Waals surface area contributed by atoms with E-state index in [9.17, 15) is 18.5 Å². The topological polar surface area (TPSA) is 125 Å². The second-order valence-electron chi connectivity index (χ2n) is 6.90. The zero-order chi connectivity index (χ0) is 20.1. The Kier molecular flexibility index (Phi) is 6.15. The molecular formula is C19H23N3O5S. The van der Waals surface area contributed by atoms with Gasteiger partial charge < -0.3 is 10.1 Å². The van der Waals surface area contributed by atoms with Gasteiger partial charge in [0.1, 0.15) is 5.75 Å². The smallest absolute Gasteiger partial charge is 0.272 e. The molecular weight excluding hydrogens is 382 g/mol. The van der Waals surface area contributed by atoms with Gasteiger partial charge in [-0.15, -0.1) is 0 Å². The first-order valence-corrected chi connectivity index (χ1v) is 10.7. The fraction of sp³-hybridized carbons (Fsp3) is 0.368. The van der Waals surface area contributed by atoms with E-state index in [2.05, 4.69) is 5.32 Å². The van der Waals surface area contributed by atoms with Crippen molar-refractivity contribution >= 4 is 21.4 Å². The number of nitrogens with two attached hydrogens (primary N) is 1. The molecule has 0 radical (unpaired) electrons.